The summed E-state index contributed by atoms with van der Waals surface area (Å²) in [5.74, 6) is 0. The van der Waals surface area contributed by atoms with E-state index in [1.165, 1.54) is 4.31 Å². The molecule has 0 bridgehead atoms. The first-order chi connectivity index (χ1) is 11.6. The summed E-state index contributed by atoms with van der Waals surface area (Å²) in [5.41, 5.74) is 3.00. The molecule has 0 fully saturated rings. The highest BCUT2D eigenvalue weighted by Crippen LogP contribution is 2.33. The number of aliphatic hydroxyl groups is 1. The molecule has 2 aromatic carbocycles. The Morgan fingerprint density at radius 3 is 2.54 bits per heavy atom. The molecule has 1 aliphatic heterocycles. The molecule has 2 N–H and O–H groups in total. The summed E-state index contributed by atoms with van der Waals surface area (Å²) >= 11 is 0. The molecule has 24 heavy (non-hydrogen) atoms. The number of benzene rings is 2. The highest BCUT2D eigenvalue weighted by molar-refractivity contribution is 7.89. The fourth-order valence-corrected chi connectivity index (χ4v) is 5.02. The smallest absolute Gasteiger partial charge is 0.243 e. The lowest BCUT2D eigenvalue weighted by molar-refractivity contribution is 0.173. The maximum atomic E-state index is 13.0. The van der Waals surface area contributed by atoms with Crippen LogP contribution in [-0.4, -0.2) is 35.5 Å². The Morgan fingerprint density at radius 2 is 1.79 bits per heavy atom. The molecule has 1 atom stereocenters. The Kier molecular flexibility index (Phi) is 3.68. The van der Waals surface area contributed by atoms with Gasteiger partial charge in [0.15, 0.2) is 0 Å². The number of rotatable bonds is 3. The van der Waals surface area contributed by atoms with Crippen LogP contribution < -0.4 is 0 Å². The Morgan fingerprint density at radius 1 is 1.08 bits per heavy atom. The average molecular weight is 342 g/mol. The number of nitrogens with one attached hydrogen (secondary N) is 1. The first-order valence-corrected chi connectivity index (χ1v) is 9.31. The van der Waals surface area contributed by atoms with Crippen LogP contribution >= 0.6 is 0 Å². The van der Waals surface area contributed by atoms with Crippen LogP contribution in [0.15, 0.2) is 59.5 Å². The Hall–Kier alpha value is -2.15. The van der Waals surface area contributed by atoms with Gasteiger partial charge in [0.2, 0.25) is 10.0 Å². The molecule has 124 valence electrons. The van der Waals surface area contributed by atoms with Crippen molar-refractivity contribution in [1.82, 2.24) is 9.29 Å². The maximum absolute atomic E-state index is 13.0. The molecule has 1 aliphatic rings. The van der Waals surface area contributed by atoms with Crippen molar-refractivity contribution in [2.45, 2.75) is 23.9 Å². The van der Waals surface area contributed by atoms with Crippen molar-refractivity contribution in [3.8, 4) is 0 Å². The number of hydrogen-bond donors (Lipinski definition) is 2. The van der Waals surface area contributed by atoms with E-state index < -0.39 is 16.1 Å². The number of aromatic nitrogens is 1. The molecule has 0 spiro atoms. The van der Waals surface area contributed by atoms with Gasteiger partial charge < -0.3 is 10.1 Å². The second kappa shape index (κ2) is 5.73. The summed E-state index contributed by atoms with van der Waals surface area (Å²) in [6, 6.07) is 15.9. The van der Waals surface area contributed by atoms with E-state index in [0.29, 0.717) is 6.42 Å². The third-order valence-corrected chi connectivity index (χ3v) is 6.54. The molecule has 6 heteroatoms. The molecule has 0 amide bonds. The normalized spacial score (nSPS) is 18.6. The Bertz CT molecular complexity index is 980. The largest absolute Gasteiger partial charge is 0.395 e. The Labute approximate surface area is 140 Å². The monoisotopic (exact) mass is 342 g/mol. The van der Waals surface area contributed by atoms with Gasteiger partial charge in [-0.2, -0.15) is 4.31 Å². The molecule has 0 saturated carbocycles. The number of fused-ring (bicyclic) bond motifs is 3. The van der Waals surface area contributed by atoms with Crippen LogP contribution in [0.1, 0.15) is 11.3 Å². The van der Waals surface area contributed by atoms with Crippen LogP contribution in [0, 0.1) is 0 Å². The lowest BCUT2D eigenvalue weighted by Gasteiger charge is -2.33. The minimum atomic E-state index is -3.65. The van der Waals surface area contributed by atoms with Crippen LogP contribution in [0.5, 0.6) is 0 Å². The van der Waals surface area contributed by atoms with Gasteiger partial charge in [0.05, 0.1) is 24.1 Å². The van der Waals surface area contributed by atoms with Crippen molar-refractivity contribution >= 4 is 20.9 Å². The Balaban J connectivity index is 1.80. The lowest BCUT2D eigenvalue weighted by atomic mass is 9.99. The summed E-state index contributed by atoms with van der Waals surface area (Å²) in [7, 11) is -3.65. The van der Waals surface area contributed by atoms with E-state index in [0.717, 1.165) is 22.2 Å². The van der Waals surface area contributed by atoms with Crippen LogP contribution in [-0.2, 0) is 23.0 Å². The van der Waals surface area contributed by atoms with Crippen LogP contribution in [0.3, 0.4) is 0 Å². The van der Waals surface area contributed by atoms with E-state index in [2.05, 4.69) is 4.98 Å². The SMILES string of the molecule is O=S(=O)(c1ccccc1)N1Cc2[nH]c3ccccc3c2CC1CO. The van der Waals surface area contributed by atoms with Crippen molar-refractivity contribution < 1.29 is 13.5 Å². The number of hydrogen-bond acceptors (Lipinski definition) is 3. The predicted molar refractivity (Wildman–Crippen MR) is 92.0 cm³/mol. The van der Waals surface area contributed by atoms with E-state index in [-0.39, 0.29) is 18.0 Å². The van der Waals surface area contributed by atoms with Gasteiger partial charge in [-0.1, -0.05) is 36.4 Å². The van der Waals surface area contributed by atoms with Gasteiger partial charge in [-0.25, -0.2) is 8.42 Å². The molecule has 1 unspecified atom stereocenters. The van der Waals surface area contributed by atoms with Gasteiger partial charge in [0, 0.05) is 16.6 Å². The quantitative estimate of drug-likeness (QED) is 0.767. The number of nitrogens with zero attached hydrogens (tertiary/aromatic N) is 1. The number of para-hydroxylation sites is 1. The molecular formula is C18H18N2O3S. The van der Waals surface area contributed by atoms with Gasteiger partial charge in [-0.15, -0.1) is 0 Å². The van der Waals surface area contributed by atoms with Gasteiger partial charge in [-0.3, -0.25) is 0 Å². The first-order valence-electron chi connectivity index (χ1n) is 7.87. The fraction of sp³-hybridized carbons (Fsp3) is 0.222. The molecule has 0 aliphatic carbocycles. The van der Waals surface area contributed by atoms with Gasteiger partial charge in [0.1, 0.15) is 0 Å². The van der Waals surface area contributed by atoms with Crippen molar-refractivity contribution in [2.24, 2.45) is 0 Å². The summed E-state index contributed by atoms with van der Waals surface area (Å²) in [6.45, 7) is 0.0392. The first kappa shape index (κ1) is 15.4. The van der Waals surface area contributed by atoms with Crippen LogP contribution in [0.2, 0.25) is 0 Å². The summed E-state index contributed by atoms with van der Waals surface area (Å²) in [5, 5.41) is 10.9. The molecule has 0 radical (unpaired) electrons. The van der Waals surface area contributed by atoms with Crippen molar-refractivity contribution in [2.75, 3.05) is 6.61 Å². The van der Waals surface area contributed by atoms with Crippen molar-refractivity contribution in [3.63, 3.8) is 0 Å². The van der Waals surface area contributed by atoms with E-state index in [4.69, 9.17) is 0 Å². The topological polar surface area (TPSA) is 73.4 Å². The van der Waals surface area contributed by atoms with Crippen LogP contribution in [0.4, 0.5) is 0 Å². The summed E-state index contributed by atoms with van der Waals surface area (Å²) in [4.78, 5) is 3.58. The zero-order valence-electron chi connectivity index (χ0n) is 13.0. The molecular weight excluding hydrogens is 324 g/mol. The van der Waals surface area contributed by atoms with Gasteiger partial charge in [-0.05, 0) is 30.2 Å². The number of aliphatic hydroxyl groups excluding tert-OH is 1. The van der Waals surface area contributed by atoms with E-state index in [9.17, 15) is 13.5 Å². The standard InChI is InChI=1S/C18H18N2O3S/c21-12-13-10-16-15-8-4-5-9-17(15)19-18(16)11-20(13)24(22,23)14-6-2-1-3-7-14/h1-9,13,19,21H,10-12H2. The molecule has 1 aromatic heterocycles. The second-order valence-electron chi connectivity index (χ2n) is 6.03. The number of sulfonamides is 1. The molecule has 0 saturated heterocycles. The third kappa shape index (κ3) is 2.34. The molecule has 3 aromatic rings. The number of aromatic amines is 1. The van der Waals surface area contributed by atoms with Gasteiger partial charge in [0.25, 0.3) is 0 Å². The minimum absolute atomic E-state index is 0.203. The molecule has 5 nitrogen and oxygen atoms in total. The summed E-state index contributed by atoms with van der Waals surface area (Å²) in [6.07, 6.45) is 0.502. The molecule has 4 rings (SSSR count). The van der Waals surface area contributed by atoms with E-state index >= 15 is 0 Å². The van der Waals surface area contributed by atoms with Crippen molar-refractivity contribution in [1.29, 1.82) is 0 Å². The maximum Gasteiger partial charge on any atom is 0.243 e. The second-order valence-corrected chi connectivity index (χ2v) is 7.92. The van der Waals surface area contributed by atoms with E-state index in [1.54, 1.807) is 30.3 Å². The lowest BCUT2D eigenvalue weighted by Crippen LogP contribution is -2.46. The minimum Gasteiger partial charge on any atom is -0.395 e. The summed E-state index contributed by atoms with van der Waals surface area (Å²) < 4.78 is 27.4. The predicted octanol–water partition coefficient (Wildman–Crippen LogP) is 2.28. The third-order valence-electron chi connectivity index (χ3n) is 4.62. The fourth-order valence-electron chi connectivity index (χ4n) is 3.41. The zero-order valence-corrected chi connectivity index (χ0v) is 13.8. The van der Waals surface area contributed by atoms with Gasteiger partial charge >= 0.3 is 0 Å². The molecule has 2 heterocycles. The number of H-pyrrole nitrogens is 1. The highest BCUT2D eigenvalue weighted by atomic mass is 32.2. The average Bonchev–Trinajstić information content (AvgIpc) is 2.99. The van der Waals surface area contributed by atoms with Crippen molar-refractivity contribution in [3.05, 3.63) is 65.9 Å². The van der Waals surface area contributed by atoms with E-state index in [1.807, 2.05) is 24.3 Å². The zero-order chi connectivity index (χ0) is 16.7. The van der Waals surface area contributed by atoms with Crippen LogP contribution in [0.25, 0.3) is 10.9 Å². The highest BCUT2D eigenvalue weighted by Gasteiger charge is 2.36.